The van der Waals surface area contributed by atoms with E-state index in [1.165, 1.54) is 11.1 Å². The fourth-order valence-corrected chi connectivity index (χ4v) is 2.42. The van der Waals surface area contributed by atoms with Crippen molar-refractivity contribution < 1.29 is 4.74 Å². The molecule has 2 rings (SSSR count). The monoisotopic (exact) mass is 273 g/mol. The summed E-state index contributed by atoms with van der Waals surface area (Å²) in [5.74, 6) is 0.822. The van der Waals surface area contributed by atoms with Crippen LogP contribution in [-0.2, 0) is 7.05 Å². The molecule has 0 spiro atoms. The number of nitrogens with zero attached hydrogens (tertiary/aromatic N) is 2. The fourth-order valence-electron chi connectivity index (χ4n) is 2.42. The maximum atomic E-state index is 5.46. The van der Waals surface area contributed by atoms with Crippen molar-refractivity contribution in [2.75, 3.05) is 13.7 Å². The van der Waals surface area contributed by atoms with Gasteiger partial charge in [-0.1, -0.05) is 36.8 Å². The Kier molecular flexibility index (Phi) is 4.79. The summed E-state index contributed by atoms with van der Waals surface area (Å²) in [5.41, 5.74) is 3.55. The van der Waals surface area contributed by atoms with Gasteiger partial charge in [-0.15, -0.1) is 0 Å². The minimum Gasteiger partial charge on any atom is -0.493 e. The molecule has 0 bridgehead atoms. The summed E-state index contributed by atoms with van der Waals surface area (Å²) in [5, 5.41) is 7.91. The van der Waals surface area contributed by atoms with E-state index >= 15 is 0 Å². The minimum atomic E-state index is 0.0947. The van der Waals surface area contributed by atoms with E-state index in [2.05, 4.69) is 48.5 Å². The summed E-state index contributed by atoms with van der Waals surface area (Å²) in [4.78, 5) is 0. The standard InChI is InChI=1S/C16H23N3O/c1-5-9-17-15(13-8-6-7-12(2)10-13)16-14(20-4)11-18-19(16)3/h6-8,10-11,15,17H,5,9H2,1-4H3. The molecular weight excluding hydrogens is 250 g/mol. The second-order valence-electron chi connectivity index (χ2n) is 5.02. The maximum absolute atomic E-state index is 5.46. The number of aryl methyl sites for hydroxylation is 2. The van der Waals surface area contributed by atoms with Crippen molar-refractivity contribution in [2.24, 2.45) is 7.05 Å². The van der Waals surface area contributed by atoms with E-state index in [-0.39, 0.29) is 6.04 Å². The zero-order valence-electron chi connectivity index (χ0n) is 12.7. The molecule has 1 heterocycles. The first-order chi connectivity index (χ1) is 9.67. The van der Waals surface area contributed by atoms with Crippen LogP contribution in [0.5, 0.6) is 5.75 Å². The Morgan fingerprint density at radius 1 is 1.40 bits per heavy atom. The Labute approximate surface area is 120 Å². The van der Waals surface area contributed by atoms with Gasteiger partial charge >= 0.3 is 0 Å². The third-order valence-corrected chi connectivity index (χ3v) is 3.42. The number of ether oxygens (including phenoxy) is 1. The molecule has 1 unspecified atom stereocenters. The number of hydrogen-bond donors (Lipinski definition) is 1. The largest absolute Gasteiger partial charge is 0.493 e. The predicted molar refractivity (Wildman–Crippen MR) is 81.1 cm³/mol. The molecule has 0 aliphatic rings. The fraction of sp³-hybridized carbons (Fsp3) is 0.438. The molecule has 108 valence electrons. The van der Waals surface area contributed by atoms with Crippen LogP contribution in [0, 0.1) is 6.92 Å². The van der Waals surface area contributed by atoms with Gasteiger partial charge in [0.2, 0.25) is 0 Å². The molecule has 0 aliphatic carbocycles. The first kappa shape index (κ1) is 14.6. The summed E-state index contributed by atoms with van der Waals surface area (Å²) < 4.78 is 7.34. The third kappa shape index (κ3) is 3.02. The Morgan fingerprint density at radius 2 is 2.20 bits per heavy atom. The Balaban J connectivity index is 2.44. The summed E-state index contributed by atoms with van der Waals surface area (Å²) in [7, 11) is 3.64. The molecule has 0 fully saturated rings. The molecular formula is C16H23N3O. The lowest BCUT2D eigenvalue weighted by atomic mass is 10.0. The van der Waals surface area contributed by atoms with Gasteiger partial charge in [-0.25, -0.2) is 0 Å². The highest BCUT2D eigenvalue weighted by atomic mass is 16.5. The number of aromatic nitrogens is 2. The van der Waals surface area contributed by atoms with E-state index in [0.29, 0.717) is 0 Å². The van der Waals surface area contributed by atoms with Gasteiger partial charge in [-0.05, 0) is 25.5 Å². The van der Waals surface area contributed by atoms with Crippen LogP contribution in [0.25, 0.3) is 0 Å². The molecule has 0 amide bonds. The van der Waals surface area contributed by atoms with Gasteiger partial charge in [0, 0.05) is 7.05 Å². The van der Waals surface area contributed by atoms with Crippen LogP contribution < -0.4 is 10.1 Å². The number of hydrogen-bond acceptors (Lipinski definition) is 3. The van der Waals surface area contributed by atoms with Crippen molar-refractivity contribution in [2.45, 2.75) is 26.3 Å². The van der Waals surface area contributed by atoms with Crippen LogP contribution in [0.4, 0.5) is 0 Å². The predicted octanol–water partition coefficient (Wildman–Crippen LogP) is 2.83. The van der Waals surface area contributed by atoms with E-state index in [1.54, 1.807) is 13.3 Å². The van der Waals surface area contributed by atoms with Gasteiger partial charge in [0.15, 0.2) is 5.75 Å². The number of rotatable bonds is 6. The Hall–Kier alpha value is -1.81. The first-order valence-corrected chi connectivity index (χ1v) is 7.03. The van der Waals surface area contributed by atoms with E-state index in [0.717, 1.165) is 24.4 Å². The van der Waals surface area contributed by atoms with Crippen LogP contribution in [0.15, 0.2) is 30.5 Å². The molecule has 20 heavy (non-hydrogen) atoms. The lowest BCUT2D eigenvalue weighted by Gasteiger charge is -2.21. The quantitative estimate of drug-likeness (QED) is 0.879. The van der Waals surface area contributed by atoms with Gasteiger partial charge in [-0.2, -0.15) is 5.10 Å². The topological polar surface area (TPSA) is 39.1 Å². The smallest absolute Gasteiger partial charge is 0.161 e. The van der Waals surface area contributed by atoms with E-state index in [4.69, 9.17) is 4.74 Å². The van der Waals surface area contributed by atoms with Crippen molar-refractivity contribution in [1.29, 1.82) is 0 Å². The van der Waals surface area contributed by atoms with Crippen molar-refractivity contribution in [3.63, 3.8) is 0 Å². The molecule has 4 heteroatoms. The summed E-state index contributed by atoms with van der Waals surface area (Å²) in [6.45, 7) is 5.23. The molecule has 1 N–H and O–H groups in total. The molecule has 2 aromatic rings. The Morgan fingerprint density at radius 3 is 2.85 bits per heavy atom. The average molecular weight is 273 g/mol. The molecule has 0 aliphatic heterocycles. The third-order valence-electron chi connectivity index (χ3n) is 3.42. The molecule has 4 nitrogen and oxygen atoms in total. The Bertz CT molecular complexity index is 563. The van der Waals surface area contributed by atoms with Crippen LogP contribution in [0.1, 0.15) is 36.2 Å². The van der Waals surface area contributed by atoms with Crippen LogP contribution in [-0.4, -0.2) is 23.4 Å². The molecule has 1 aromatic carbocycles. The molecule has 1 atom stereocenters. The van der Waals surface area contributed by atoms with Crippen LogP contribution >= 0.6 is 0 Å². The highest BCUT2D eigenvalue weighted by Gasteiger charge is 2.21. The normalized spacial score (nSPS) is 12.4. The van der Waals surface area contributed by atoms with Gasteiger partial charge in [0.25, 0.3) is 0 Å². The molecule has 1 aromatic heterocycles. The highest BCUT2D eigenvalue weighted by Crippen LogP contribution is 2.29. The lowest BCUT2D eigenvalue weighted by Crippen LogP contribution is -2.25. The second-order valence-corrected chi connectivity index (χ2v) is 5.02. The van der Waals surface area contributed by atoms with E-state index in [9.17, 15) is 0 Å². The zero-order chi connectivity index (χ0) is 14.5. The van der Waals surface area contributed by atoms with Gasteiger partial charge in [0.1, 0.15) is 5.69 Å². The zero-order valence-corrected chi connectivity index (χ0v) is 12.7. The van der Waals surface area contributed by atoms with Crippen molar-refractivity contribution in [1.82, 2.24) is 15.1 Å². The van der Waals surface area contributed by atoms with Crippen molar-refractivity contribution >= 4 is 0 Å². The summed E-state index contributed by atoms with van der Waals surface area (Å²) >= 11 is 0. The van der Waals surface area contributed by atoms with Crippen LogP contribution in [0.2, 0.25) is 0 Å². The average Bonchev–Trinajstić information content (AvgIpc) is 2.81. The lowest BCUT2D eigenvalue weighted by molar-refractivity contribution is 0.400. The minimum absolute atomic E-state index is 0.0947. The van der Waals surface area contributed by atoms with E-state index < -0.39 is 0 Å². The molecule has 0 saturated heterocycles. The second kappa shape index (κ2) is 6.57. The molecule has 0 saturated carbocycles. The van der Waals surface area contributed by atoms with E-state index in [1.807, 2.05) is 11.7 Å². The van der Waals surface area contributed by atoms with Gasteiger partial charge in [0.05, 0.1) is 19.3 Å². The summed E-state index contributed by atoms with van der Waals surface area (Å²) in [6.07, 6.45) is 2.86. The van der Waals surface area contributed by atoms with Crippen molar-refractivity contribution in [3.05, 3.63) is 47.3 Å². The van der Waals surface area contributed by atoms with Gasteiger partial charge < -0.3 is 10.1 Å². The number of nitrogens with one attached hydrogen (secondary N) is 1. The highest BCUT2D eigenvalue weighted by molar-refractivity contribution is 5.37. The maximum Gasteiger partial charge on any atom is 0.161 e. The number of methoxy groups -OCH3 is 1. The van der Waals surface area contributed by atoms with Crippen LogP contribution in [0.3, 0.4) is 0 Å². The summed E-state index contributed by atoms with van der Waals surface area (Å²) in [6, 6.07) is 8.65. The first-order valence-electron chi connectivity index (χ1n) is 7.03. The van der Waals surface area contributed by atoms with Gasteiger partial charge in [-0.3, -0.25) is 4.68 Å². The van der Waals surface area contributed by atoms with Crippen molar-refractivity contribution in [3.8, 4) is 5.75 Å². The SMILES string of the molecule is CCCNC(c1cccc(C)c1)c1c(OC)cnn1C. The number of benzene rings is 1. The molecule has 0 radical (unpaired) electrons.